The summed E-state index contributed by atoms with van der Waals surface area (Å²) in [6, 6.07) is -0.400. The topological polar surface area (TPSA) is 117 Å². The molecule has 13 heteroatoms. The van der Waals surface area contributed by atoms with Crippen LogP contribution in [-0.2, 0) is 29.0 Å². The molecule has 8 unspecified atom stereocenters. The van der Waals surface area contributed by atoms with Gasteiger partial charge in [-0.05, 0) is 44.9 Å². The lowest BCUT2D eigenvalue weighted by Gasteiger charge is -2.41. The molecule has 198 valence electrons. The van der Waals surface area contributed by atoms with Gasteiger partial charge >= 0.3 is 6.36 Å². The number of nitrogens with one attached hydrogen (secondary N) is 1. The van der Waals surface area contributed by atoms with Crippen LogP contribution in [0.2, 0.25) is 0 Å². The maximum atomic E-state index is 13.8. The van der Waals surface area contributed by atoms with Gasteiger partial charge in [0.15, 0.2) is 0 Å². The van der Waals surface area contributed by atoms with Gasteiger partial charge in [0.05, 0.1) is 35.6 Å². The van der Waals surface area contributed by atoms with Crippen molar-refractivity contribution in [2.75, 3.05) is 7.11 Å². The maximum absolute atomic E-state index is 13.8. The third kappa shape index (κ3) is 7.74. The highest BCUT2D eigenvalue weighted by molar-refractivity contribution is 7.89. The highest BCUT2D eigenvalue weighted by atomic mass is 32.2. The summed E-state index contributed by atoms with van der Waals surface area (Å²) < 4.78 is 91.4. The molecule has 0 aromatic rings. The fraction of sp³-hybridized carbons (Fsp3) is 0.952. The predicted molar refractivity (Wildman–Crippen MR) is 114 cm³/mol. The van der Waals surface area contributed by atoms with Crippen molar-refractivity contribution in [1.29, 1.82) is 0 Å². The Labute approximate surface area is 197 Å². The maximum Gasteiger partial charge on any atom is 0.522 e. The average Bonchev–Trinajstić information content (AvgIpc) is 2.73. The standard InChI is InChI=1S/C21H34F4N2O6S/c1-31-19-9-12(22)5-8-17(19)32-18-11-14(33-21(23,24)25)6-7-16(18)20(28)27-13-3-2-4-15(10-13)34(26,29)30/h12-19H,2-11H2,1H3,(H,27,28)(H2,26,29,30). The summed E-state index contributed by atoms with van der Waals surface area (Å²) in [6.07, 6.45) is -6.55. The number of amides is 1. The minimum absolute atomic E-state index is 0.0207. The van der Waals surface area contributed by atoms with Crippen molar-refractivity contribution < 1.29 is 45.0 Å². The molecule has 8 atom stereocenters. The number of hydrogen-bond acceptors (Lipinski definition) is 6. The van der Waals surface area contributed by atoms with Crippen molar-refractivity contribution in [3.8, 4) is 0 Å². The molecule has 3 fully saturated rings. The van der Waals surface area contributed by atoms with E-state index in [-0.39, 0.29) is 38.5 Å². The average molecular weight is 519 g/mol. The molecule has 8 nitrogen and oxygen atoms in total. The van der Waals surface area contributed by atoms with E-state index in [1.54, 1.807) is 0 Å². The first kappa shape index (κ1) is 27.6. The highest BCUT2D eigenvalue weighted by Crippen LogP contribution is 2.36. The Bertz CT molecular complexity index is 799. The summed E-state index contributed by atoms with van der Waals surface area (Å²) in [6.45, 7) is 0. The van der Waals surface area contributed by atoms with E-state index < -0.39 is 70.1 Å². The van der Waals surface area contributed by atoms with E-state index in [1.807, 2.05) is 0 Å². The number of primary sulfonamides is 1. The number of carbonyl (C=O) groups is 1. The molecule has 3 saturated carbocycles. The van der Waals surface area contributed by atoms with Crippen LogP contribution in [0.5, 0.6) is 0 Å². The first-order valence-corrected chi connectivity index (χ1v) is 13.4. The molecule has 1 amide bonds. The van der Waals surface area contributed by atoms with Gasteiger partial charge in [0, 0.05) is 26.0 Å². The van der Waals surface area contributed by atoms with Crippen LogP contribution < -0.4 is 10.5 Å². The van der Waals surface area contributed by atoms with Crippen molar-refractivity contribution >= 4 is 15.9 Å². The largest absolute Gasteiger partial charge is 0.522 e. The zero-order valence-electron chi connectivity index (χ0n) is 19.1. The smallest absolute Gasteiger partial charge is 0.379 e. The van der Waals surface area contributed by atoms with Crippen molar-refractivity contribution in [2.45, 2.75) is 112 Å². The first-order chi connectivity index (χ1) is 15.9. The van der Waals surface area contributed by atoms with E-state index in [1.165, 1.54) is 7.11 Å². The zero-order valence-corrected chi connectivity index (χ0v) is 20.0. The SMILES string of the molecule is COC1CC(F)CCC1OC1CC(OC(F)(F)F)CCC1C(=O)NC1CCCC(S(N)(=O)=O)C1. The van der Waals surface area contributed by atoms with Crippen LogP contribution in [0.4, 0.5) is 17.6 Å². The Morgan fingerprint density at radius 3 is 2.35 bits per heavy atom. The van der Waals surface area contributed by atoms with Gasteiger partial charge in [-0.1, -0.05) is 6.42 Å². The van der Waals surface area contributed by atoms with Crippen LogP contribution in [0.25, 0.3) is 0 Å². The van der Waals surface area contributed by atoms with E-state index in [2.05, 4.69) is 10.1 Å². The quantitative estimate of drug-likeness (QED) is 0.501. The number of rotatable bonds is 7. The van der Waals surface area contributed by atoms with Crippen LogP contribution in [-0.4, -0.2) is 69.7 Å². The number of ether oxygens (including phenoxy) is 3. The Kier molecular flexibility index (Phi) is 9.21. The van der Waals surface area contributed by atoms with Crippen LogP contribution >= 0.6 is 0 Å². The fourth-order valence-corrected chi connectivity index (χ4v) is 6.40. The fourth-order valence-electron chi connectivity index (χ4n) is 5.40. The van der Waals surface area contributed by atoms with Crippen LogP contribution in [0.15, 0.2) is 0 Å². The molecular formula is C21H34F4N2O6S. The summed E-state index contributed by atoms with van der Waals surface area (Å²) in [5.41, 5.74) is 0. The van der Waals surface area contributed by atoms with Crippen molar-refractivity contribution in [2.24, 2.45) is 11.1 Å². The van der Waals surface area contributed by atoms with Gasteiger partial charge < -0.3 is 14.8 Å². The van der Waals surface area contributed by atoms with E-state index >= 15 is 0 Å². The molecule has 0 radical (unpaired) electrons. The molecule has 3 N–H and O–H groups in total. The van der Waals surface area contributed by atoms with Gasteiger partial charge in [-0.2, -0.15) is 0 Å². The molecule has 0 heterocycles. The first-order valence-electron chi connectivity index (χ1n) is 11.7. The van der Waals surface area contributed by atoms with Gasteiger partial charge in [0.2, 0.25) is 15.9 Å². The van der Waals surface area contributed by atoms with Gasteiger partial charge in [0.25, 0.3) is 0 Å². The second-order valence-corrected chi connectivity index (χ2v) is 11.4. The molecule has 0 saturated heterocycles. The third-order valence-corrected chi connectivity index (χ3v) is 8.49. The highest BCUT2D eigenvalue weighted by Gasteiger charge is 2.44. The van der Waals surface area contributed by atoms with E-state index in [0.29, 0.717) is 25.7 Å². The Morgan fingerprint density at radius 2 is 1.71 bits per heavy atom. The summed E-state index contributed by atoms with van der Waals surface area (Å²) in [5.74, 6) is -1.15. The molecule has 0 bridgehead atoms. The molecule has 3 aliphatic rings. The molecule has 0 aromatic heterocycles. The Morgan fingerprint density at radius 1 is 0.971 bits per heavy atom. The Balaban J connectivity index is 1.69. The van der Waals surface area contributed by atoms with Crippen LogP contribution in [0.3, 0.4) is 0 Å². The number of methoxy groups -OCH3 is 1. The number of sulfonamides is 1. The molecule has 3 rings (SSSR count). The van der Waals surface area contributed by atoms with Gasteiger partial charge in [-0.15, -0.1) is 13.2 Å². The van der Waals surface area contributed by atoms with Gasteiger partial charge in [-0.25, -0.2) is 17.9 Å². The molecular weight excluding hydrogens is 484 g/mol. The molecule has 0 aromatic carbocycles. The number of nitrogens with two attached hydrogens (primary N) is 1. The number of halogens is 4. The second kappa shape index (κ2) is 11.4. The van der Waals surface area contributed by atoms with Gasteiger partial charge in [0.1, 0.15) is 6.17 Å². The van der Waals surface area contributed by atoms with E-state index in [0.717, 1.165) is 0 Å². The summed E-state index contributed by atoms with van der Waals surface area (Å²) in [4.78, 5) is 13.1. The lowest BCUT2D eigenvalue weighted by atomic mass is 9.82. The lowest BCUT2D eigenvalue weighted by molar-refractivity contribution is -0.348. The van der Waals surface area contributed by atoms with Crippen molar-refractivity contribution in [1.82, 2.24) is 5.32 Å². The predicted octanol–water partition coefficient (Wildman–Crippen LogP) is 2.70. The Hall–Kier alpha value is -1.02. The molecule has 0 spiro atoms. The minimum Gasteiger partial charge on any atom is -0.379 e. The number of hydrogen-bond donors (Lipinski definition) is 2. The van der Waals surface area contributed by atoms with E-state index in [9.17, 15) is 30.8 Å². The monoisotopic (exact) mass is 518 g/mol. The summed E-state index contributed by atoms with van der Waals surface area (Å²) >= 11 is 0. The van der Waals surface area contributed by atoms with Gasteiger partial charge in [-0.3, -0.25) is 9.53 Å². The minimum atomic E-state index is -4.81. The molecule has 3 aliphatic carbocycles. The normalized spacial score (nSPS) is 37.8. The number of carbonyl (C=O) groups excluding carboxylic acids is 1. The summed E-state index contributed by atoms with van der Waals surface area (Å²) in [7, 11) is -2.31. The van der Waals surface area contributed by atoms with Crippen molar-refractivity contribution in [3.63, 3.8) is 0 Å². The lowest BCUT2D eigenvalue weighted by Crippen LogP contribution is -2.51. The summed E-state index contributed by atoms with van der Waals surface area (Å²) in [5, 5.41) is 7.39. The second-order valence-electron chi connectivity index (χ2n) is 9.59. The molecule has 0 aliphatic heterocycles. The van der Waals surface area contributed by atoms with Crippen molar-refractivity contribution in [3.05, 3.63) is 0 Å². The zero-order chi connectivity index (χ0) is 25.1. The molecule has 34 heavy (non-hydrogen) atoms. The van der Waals surface area contributed by atoms with E-state index in [4.69, 9.17) is 14.6 Å². The van der Waals surface area contributed by atoms with Crippen LogP contribution in [0, 0.1) is 5.92 Å². The number of alkyl halides is 4. The van der Waals surface area contributed by atoms with Crippen LogP contribution in [0.1, 0.15) is 64.2 Å². The third-order valence-electron chi connectivity index (χ3n) is 7.14.